The van der Waals surface area contributed by atoms with Gasteiger partial charge in [0.15, 0.2) is 11.5 Å². The van der Waals surface area contributed by atoms with Gasteiger partial charge in [0, 0.05) is 18.3 Å². The van der Waals surface area contributed by atoms with Gasteiger partial charge >= 0.3 is 0 Å². The van der Waals surface area contributed by atoms with Crippen LogP contribution in [0.5, 0.6) is 11.5 Å². The number of hydrogen-bond acceptors (Lipinski definition) is 4. The Bertz CT molecular complexity index is 415. The molecule has 112 valence electrons. The van der Waals surface area contributed by atoms with Gasteiger partial charge in [-0.15, -0.1) is 0 Å². The Hall–Kier alpha value is -1.42. The number of benzene rings is 1. The molecule has 0 atom stereocenters. The molecule has 1 aromatic rings. The Balaban J connectivity index is 1.82. The Labute approximate surface area is 121 Å². The van der Waals surface area contributed by atoms with Crippen molar-refractivity contribution in [2.24, 2.45) is 0 Å². The van der Waals surface area contributed by atoms with Crippen LogP contribution in [-0.4, -0.2) is 37.2 Å². The van der Waals surface area contributed by atoms with E-state index in [0.29, 0.717) is 12.3 Å². The lowest BCUT2D eigenvalue weighted by Gasteiger charge is -2.17. The highest BCUT2D eigenvalue weighted by atomic mass is 16.5. The zero-order chi connectivity index (χ0) is 14.4. The molecule has 1 fully saturated rings. The van der Waals surface area contributed by atoms with Gasteiger partial charge < -0.3 is 20.1 Å². The van der Waals surface area contributed by atoms with Gasteiger partial charge in [-0.25, -0.2) is 0 Å². The second kappa shape index (κ2) is 7.39. The van der Waals surface area contributed by atoms with Crippen molar-refractivity contribution in [2.45, 2.75) is 39.2 Å². The third kappa shape index (κ3) is 4.60. The van der Waals surface area contributed by atoms with E-state index in [9.17, 15) is 0 Å². The number of hydrogen-bond donors (Lipinski definition) is 1. The summed E-state index contributed by atoms with van der Waals surface area (Å²) in [6.45, 7) is 8.30. The molecule has 0 bridgehead atoms. The van der Waals surface area contributed by atoms with Crippen molar-refractivity contribution in [3.63, 3.8) is 0 Å². The van der Waals surface area contributed by atoms with Gasteiger partial charge in [-0.05, 0) is 58.3 Å². The van der Waals surface area contributed by atoms with Gasteiger partial charge in [0.25, 0.3) is 0 Å². The normalized spacial score (nSPS) is 15.8. The fourth-order valence-electron chi connectivity index (χ4n) is 2.47. The predicted molar refractivity (Wildman–Crippen MR) is 82.4 cm³/mol. The summed E-state index contributed by atoms with van der Waals surface area (Å²) in [6, 6.07) is 5.56. The van der Waals surface area contributed by atoms with E-state index in [-0.39, 0.29) is 6.10 Å². The number of nitrogens with zero attached hydrogens (tertiary/aromatic N) is 1. The summed E-state index contributed by atoms with van der Waals surface area (Å²) in [7, 11) is 0. The van der Waals surface area contributed by atoms with Crippen LogP contribution in [-0.2, 0) is 0 Å². The van der Waals surface area contributed by atoms with E-state index in [2.05, 4.69) is 4.90 Å². The van der Waals surface area contributed by atoms with Crippen molar-refractivity contribution in [2.75, 3.05) is 32.0 Å². The summed E-state index contributed by atoms with van der Waals surface area (Å²) >= 11 is 0. The molecule has 4 heteroatoms. The van der Waals surface area contributed by atoms with Crippen molar-refractivity contribution in [1.82, 2.24) is 4.90 Å². The molecule has 0 unspecified atom stereocenters. The Kier molecular flexibility index (Phi) is 5.53. The summed E-state index contributed by atoms with van der Waals surface area (Å²) in [5, 5.41) is 0. The minimum absolute atomic E-state index is 0.130. The second-order valence-electron chi connectivity index (χ2n) is 5.62. The van der Waals surface area contributed by atoms with Crippen molar-refractivity contribution in [1.29, 1.82) is 0 Å². The highest BCUT2D eigenvalue weighted by Crippen LogP contribution is 2.30. The molecule has 2 N–H and O–H groups in total. The van der Waals surface area contributed by atoms with Crippen LogP contribution in [0, 0.1) is 0 Å². The molecule has 0 radical (unpaired) electrons. The van der Waals surface area contributed by atoms with Crippen LogP contribution in [0.4, 0.5) is 5.69 Å². The van der Waals surface area contributed by atoms with E-state index >= 15 is 0 Å². The molecule has 0 amide bonds. The molecule has 0 spiro atoms. The number of ether oxygens (including phenoxy) is 2. The molecule has 1 aromatic carbocycles. The van der Waals surface area contributed by atoms with E-state index in [4.69, 9.17) is 15.2 Å². The lowest BCUT2D eigenvalue weighted by molar-refractivity contribution is 0.214. The topological polar surface area (TPSA) is 47.7 Å². The average molecular weight is 278 g/mol. The first-order valence-electron chi connectivity index (χ1n) is 7.56. The van der Waals surface area contributed by atoms with E-state index < -0.39 is 0 Å². The molecule has 0 aromatic heterocycles. The van der Waals surface area contributed by atoms with E-state index in [1.165, 1.54) is 25.9 Å². The minimum Gasteiger partial charge on any atom is -0.490 e. The quantitative estimate of drug-likeness (QED) is 0.615. The number of rotatable bonds is 7. The van der Waals surface area contributed by atoms with Crippen LogP contribution in [0.3, 0.4) is 0 Å². The molecule has 20 heavy (non-hydrogen) atoms. The zero-order valence-corrected chi connectivity index (χ0v) is 12.6. The molecular weight excluding hydrogens is 252 g/mol. The third-order valence-corrected chi connectivity index (χ3v) is 3.41. The molecule has 1 heterocycles. The number of nitrogens with two attached hydrogens (primary N) is 1. The highest BCUT2D eigenvalue weighted by Gasteiger charge is 2.11. The fourth-order valence-corrected chi connectivity index (χ4v) is 2.47. The maximum absolute atomic E-state index is 5.85. The SMILES string of the molecule is CC(C)Oc1ccc(N)cc1OCCCN1CCCC1. The fraction of sp³-hybridized carbons (Fsp3) is 0.625. The molecule has 4 nitrogen and oxygen atoms in total. The largest absolute Gasteiger partial charge is 0.490 e. The Morgan fingerprint density at radius 1 is 1.20 bits per heavy atom. The van der Waals surface area contributed by atoms with Crippen molar-refractivity contribution in [3.05, 3.63) is 18.2 Å². The van der Waals surface area contributed by atoms with Crippen LogP contribution in [0.15, 0.2) is 18.2 Å². The molecule has 0 aliphatic carbocycles. The summed E-state index contributed by atoms with van der Waals surface area (Å²) < 4.78 is 11.6. The predicted octanol–water partition coefficient (Wildman–Crippen LogP) is 2.92. The first-order valence-corrected chi connectivity index (χ1v) is 7.56. The van der Waals surface area contributed by atoms with Gasteiger partial charge in [-0.3, -0.25) is 0 Å². The Morgan fingerprint density at radius 2 is 1.95 bits per heavy atom. The number of anilines is 1. The first kappa shape index (κ1) is 15.0. The second-order valence-corrected chi connectivity index (χ2v) is 5.62. The van der Waals surface area contributed by atoms with Crippen LogP contribution >= 0.6 is 0 Å². The number of nitrogen functional groups attached to an aromatic ring is 1. The third-order valence-electron chi connectivity index (χ3n) is 3.41. The van der Waals surface area contributed by atoms with Crippen LogP contribution in [0.25, 0.3) is 0 Å². The standard InChI is InChI=1S/C16H26N2O2/c1-13(2)20-15-7-6-14(17)12-16(15)19-11-5-10-18-8-3-4-9-18/h6-7,12-13H,3-5,8-11,17H2,1-2H3. The van der Waals surface area contributed by atoms with Gasteiger partial charge in [0.05, 0.1) is 12.7 Å². The van der Waals surface area contributed by atoms with Crippen molar-refractivity contribution < 1.29 is 9.47 Å². The molecule has 1 aliphatic rings. The Morgan fingerprint density at radius 3 is 2.65 bits per heavy atom. The molecule has 2 rings (SSSR count). The molecule has 0 saturated carbocycles. The molecule has 1 saturated heterocycles. The van der Waals surface area contributed by atoms with Gasteiger partial charge in [0.1, 0.15) is 0 Å². The smallest absolute Gasteiger partial charge is 0.163 e. The first-order chi connectivity index (χ1) is 9.65. The lowest BCUT2D eigenvalue weighted by Crippen LogP contribution is -2.22. The van der Waals surface area contributed by atoms with Crippen LogP contribution < -0.4 is 15.2 Å². The maximum Gasteiger partial charge on any atom is 0.163 e. The van der Waals surface area contributed by atoms with Crippen LogP contribution in [0.2, 0.25) is 0 Å². The van der Waals surface area contributed by atoms with Crippen molar-refractivity contribution >= 4 is 5.69 Å². The summed E-state index contributed by atoms with van der Waals surface area (Å²) in [5.41, 5.74) is 6.52. The van der Waals surface area contributed by atoms with E-state index in [1.807, 2.05) is 32.0 Å². The minimum atomic E-state index is 0.130. The monoisotopic (exact) mass is 278 g/mol. The van der Waals surface area contributed by atoms with Crippen LogP contribution in [0.1, 0.15) is 33.1 Å². The van der Waals surface area contributed by atoms with Gasteiger partial charge in [-0.2, -0.15) is 0 Å². The van der Waals surface area contributed by atoms with Gasteiger partial charge in [-0.1, -0.05) is 0 Å². The molecular formula is C16H26N2O2. The summed E-state index contributed by atoms with van der Waals surface area (Å²) in [5.74, 6) is 1.52. The number of likely N-dealkylation sites (tertiary alicyclic amines) is 1. The van der Waals surface area contributed by atoms with Crippen molar-refractivity contribution in [3.8, 4) is 11.5 Å². The highest BCUT2D eigenvalue weighted by molar-refractivity contribution is 5.52. The average Bonchev–Trinajstić information content (AvgIpc) is 2.90. The summed E-state index contributed by atoms with van der Waals surface area (Å²) in [4.78, 5) is 2.49. The summed E-state index contributed by atoms with van der Waals surface area (Å²) in [6.07, 6.45) is 3.84. The van der Waals surface area contributed by atoms with E-state index in [1.54, 1.807) is 0 Å². The maximum atomic E-state index is 5.85. The zero-order valence-electron chi connectivity index (χ0n) is 12.6. The molecule has 1 aliphatic heterocycles. The van der Waals surface area contributed by atoms with Gasteiger partial charge in [0.2, 0.25) is 0 Å². The lowest BCUT2D eigenvalue weighted by atomic mass is 10.2. The van der Waals surface area contributed by atoms with E-state index in [0.717, 1.165) is 24.5 Å².